The van der Waals surface area contributed by atoms with Crippen LogP contribution < -0.4 is 5.32 Å². The molecule has 3 heterocycles. The molecule has 10 heteroatoms. The Hall–Kier alpha value is -3.33. The van der Waals surface area contributed by atoms with Crippen molar-refractivity contribution in [1.82, 2.24) is 14.6 Å². The predicted octanol–water partition coefficient (Wildman–Crippen LogP) is 4.91. The highest BCUT2D eigenvalue weighted by atomic mass is 35.5. The van der Waals surface area contributed by atoms with Crippen LogP contribution in [0.2, 0.25) is 5.02 Å². The molecule has 0 radical (unpaired) electrons. The van der Waals surface area contributed by atoms with Crippen LogP contribution in [0.5, 0.6) is 0 Å². The lowest BCUT2D eigenvalue weighted by Gasteiger charge is -2.10. The molecule has 4 rings (SSSR count). The number of hydrogen-bond acceptors (Lipinski definition) is 4. The largest absolute Gasteiger partial charge is 0.463 e. The molecule has 4 aromatic rings. The van der Waals surface area contributed by atoms with Crippen LogP contribution in [0.3, 0.4) is 0 Å². The molecule has 0 fully saturated rings. The summed E-state index contributed by atoms with van der Waals surface area (Å²) >= 11 is 5.88. The number of amides is 1. The minimum absolute atomic E-state index is 0.0675. The van der Waals surface area contributed by atoms with Gasteiger partial charge in [0.05, 0.1) is 12.5 Å². The lowest BCUT2D eigenvalue weighted by Crippen LogP contribution is -2.15. The Kier molecular flexibility index (Phi) is 4.31. The second-order valence-corrected chi connectivity index (χ2v) is 6.20. The molecule has 0 aliphatic carbocycles. The van der Waals surface area contributed by atoms with E-state index in [-0.39, 0.29) is 22.7 Å². The van der Waals surface area contributed by atoms with Crippen molar-refractivity contribution >= 4 is 28.8 Å². The van der Waals surface area contributed by atoms with Crippen LogP contribution in [-0.4, -0.2) is 20.5 Å². The molecule has 6 nitrogen and oxygen atoms in total. The van der Waals surface area contributed by atoms with Crippen molar-refractivity contribution in [2.75, 3.05) is 5.32 Å². The quantitative estimate of drug-likeness (QED) is 0.524. The molecule has 0 atom stereocenters. The van der Waals surface area contributed by atoms with E-state index in [1.165, 1.54) is 24.5 Å². The van der Waals surface area contributed by atoms with Crippen molar-refractivity contribution in [1.29, 1.82) is 0 Å². The number of alkyl halides is 3. The number of nitrogens with one attached hydrogen (secondary N) is 1. The van der Waals surface area contributed by atoms with Gasteiger partial charge in [0.25, 0.3) is 5.91 Å². The Morgan fingerprint density at radius 3 is 2.68 bits per heavy atom. The number of nitrogens with zero attached hydrogens (tertiary/aromatic N) is 3. The standard InChI is InChI=1S/C18H10ClF3N4O2/c19-10-3-1-4-11(7-10)24-17(27)12-9-23-26-15(18(20,21)22)8-13(25-16(12)26)14-5-2-6-28-14/h1-9H,(H,24,27). The molecule has 142 valence electrons. The first-order valence-corrected chi connectivity index (χ1v) is 8.27. The summed E-state index contributed by atoms with van der Waals surface area (Å²) in [6.45, 7) is 0. The third kappa shape index (κ3) is 3.31. The summed E-state index contributed by atoms with van der Waals surface area (Å²) < 4.78 is 46.2. The lowest BCUT2D eigenvalue weighted by atomic mass is 10.2. The molecule has 0 bridgehead atoms. The number of furan rings is 1. The van der Waals surface area contributed by atoms with E-state index in [1.807, 2.05) is 0 Å². The Balaban J connectivity index is 1.83. The molecule has 0 aliphatic rings. The average molecular weight is 407 g/mol. The Morgan fingerprint density at radius 1 is 1.18 bits per heavy atom. The number of aromatic nitrogens is 3. The molecule has 0 spiro atoms. The fourth-order valence-corrected chi connectivity index (χ4v) is 2.83. The summed E-state index contributed by atoms with van der Waals surface area (Å²) in [5, 5.41) is 6.67. The zero-order valence-electron chi connectivity index (χ0n) is 13.9. The van der Waals surface area contributed by atoms with Gasteiger partial charge < -0.3 is 9.73 Å². The second kappa shape index (κ2) is 6.68. The van der Waals surface area contributed by atoms with E-state index < -0.39 is 17.8 Å². The fraction of sp³-hybridized carbons (Fsp3) is 0.0556. The van der Waals surface area contributed by atoms with Gasteiger partial charge in [-0.3, -0.25) is 4.79 Å². The van der Waals surface area contributed by atoms with Gasteiger partial charge in [-0.2, -0.15) is 18.3 Å². The summed E-state index contributed by atoms with van der Waals surface area (Å²) in [5.41, 5.74) is -1.14. The summed E-state index contributed by atoms with van der Waals surface area (Å²) in [7, 11) is 0. The highest BCUT2D eigenvalue weighted by Gasteiger charge is 2.36. The van der Waals surface area contributed by atoms with Crippen molar-refractivity contribution in [3.05, 3.63) is 71.2 Å². The zero-order valence-corrected chi connectivity index (χ0v) is 14.6. The molecule has 0 saturated heterocycles. The van der Waals surface area contributed by atoms with Crippen LogP contribution in [0.25, 0.3) is 17.1 Å². The second-order valence-electron chi connectivity index (χ2n) is 5.76. The van der Waals surface area contributed by atoms with Crippen LogP contribution in [-0.2, 0) is 6.18 Å². The molecular formula is C18H10ClF3N4O2. The molecule has 0 unspecified atom stereocenters. The zero-order chi connectivity index (χ0) is 19.9. The van der Waals surface area contributed by atoms with Crippen LogP contribution in [0.15, 0.2) is 59.3 Å². The number of hydrogen-bond donors (Lipinski definition) is 1. The summed E-state index contributed by atoms with van der Waals surface area (Å²) in [6.07, 6.45) is -2.36. The van der Waals surface area contributed by atoms with Crippen molar-refractivity contribution < 1.29 is 22.4 Å². The molecule has 0 aliphatic heterocycles. The first kappa shape index (κ1) is 18.1. The van der Waals surface area contributed by atoms with Gasteiger partial charge in [0.15, 0.2) is 17.1 Å². The molecular weight excluding hydrogens is 397 g/mol. The summed E-state index contributed by atoms with van der Waals surface area (Å²) in [4.78, 5) is 16.8. The van der Waals surface area contributed by atoms with E-state index in [0.29, 0.717) is 15.2 Å². The average Bonchev–Trinajstić information content (AvgIpc) is 3.29. The highest BCUT2D eigenvalue weighted by molar-refractivity contribution is 6.31. The van der Waals surface area contributed by atoms with E-state index in [0.717, 1.165) is 12.3 Å². The Labute approximate surface area is 160 Å². The number of fused-ring (bicyclic) bond motifs is 1. The minimum atomic E-state index is -4.71. The minimum Gasteiger partial charge on any atom is -0.463 e. The molecule has 28 heavy (non-hydrogen) atoms. The predicted molar refractivity (Wildman–Crippen MR) is 95.1 cm³/mol. The first-order valence-electron chi connectivity index (χ1n) is 7.90. The van der Waals surface area contributed by atoms with Gasteiger partial charge in [-0.1, -0.05) is 17.7 Å². The van der Waals surface area contributed by atoms with Gasteiger partial charge in [-0.05, 0) is 36.4 Å². The van der Waals surface area contributed by atoms with E-state index in [4.69, 9.17) is 16.0 Å². The number of halogens is 4. The maximum absolute atomic E-state index is 13.5. The number of rotatable bonds is 3. The van der Waals surface area contributed by atoms with Crippen LogP contribution in [0.4, 0.5) is 18.9 Å². The summed E-state index contributed by atoms with van der Waals surface area (Å²) in [5.74, 6) is -0.537. The van der Waals surface area contributed by atoms with Gasteiger partial charge in [-0.15, -0.1) is 0 Å². The number of anilines is 1. The van der Waals surface area contributed by atoms with Crippen molar-refractivity contribution in [3.63, 3.8) is 0 Å². The fourth-order valence-electron chi connectivity index (χ4n) is 2.64. The van der Waals surface area contributed by atoms with Gasteiger partial charge in [0.1, 0.15) is 11.3 Å². The Morgan fingerprint density at radius 2 is 2.00 bits per heavy atom. The Bertz CT molecular complexity index is 1170. The van der Waals surface area contributed by atoms with Gasteiger partial charge in [0, 0.05) is 10.7 Å². The first-order chi connectivity index (χ1) is 13.3. The molecule has 1 N–H and O–H groups in total. The van der Waals surface area contributed by atoms with Crippen molar-refractivity contribution in [3.8, 4) is 11.5 Å². The van der Waals surface area contributed by atoms with E-state index in [1.54, 1.807) is 18.2 Å². The van der Waals surface area contributed by atoms with Crippen molar-refractivity contribution in [2.45, 2.75) is 6.18 Å². The third-order valence-electron chi connectivity index (χ3n) is 3.86. The monoisotopic (exact) mass is 406 g/mol. The summed E-state index contributed by atoms with van der Waals surface area (Å²) in [6, 6.07) is 10.2. The highest BCUT2D eigenvalue weighted by Crippen LogP contribution is 2.33. The van der Waals surface area contributed by atoms with E-state index in [9.17, 15) is 18.0 Å². The SMILES string of the molecule is O=C(Nc1cccc(Cl)c1)c1cnn2c(C(F)(F)F)cc(-c3ccco3)nc12. The number of carbonyl (C=O) groups excluding carboxylic acids is 1. The smallest absolute Gasteiger partial charge is 0.433 e. The van der Waals surface area contributed by atoms with Gasteiger partial charge in [0.2, 0.25) is 0 Å². The molecule has 1 aromatic carbocycles. The van der Waals surface area contributed by atoms with Crippen LogP contribution >= 0.6 is 11.6 Å². The molecule has 1 amide bonds. The topological polar surface area (TPSA) is 72.4 Å². The lowest BCUT2D eigenvalue weighted by molar-refractivity contribution is -0.142. The van der Waals surface area contributed by atoms with E-state index in [2.05, 4.69) is 15.4 Å². The van der Waals surface area contributed by atoms with Crippen LogP contribution in [0, 0.1) is 0 Å². The third-order valence-corrected chi connectivity index (χ3v) is 4.10. The maximum atomic E-state index is 13.5. The van der Waals surface area contributed by atoms with Gasteiger partial charge in [-0.25, -0.2) is 9.50 Å². The molecule has 3 aromatic heterocycles. The van der Waals surface area contributed by atoms with E-state index >= 15 is 0 Å². The van der Waals surface area contributed by atoms with Crippen LogP contribution in [0.1, 0.15) is 16.1 Å². The van der Waals surface area contributed by atoms with Crippen molar-refractivity contribution in [2.24, 2.45) is 0 Å². The molecule has 0 saturated carbocycles. The number of benzene rings is 1. The normalized spacial score (nSPS) is 11.7. The number of carbonyl (C=O) groups is 1. The van der Waals surface area contributed by atoms with Gasteiger partial charge >= 0.3 is 6.18 Å². The maximum Gasteiger partial charge on any atom is 0.433 e.